The van der Waals surface area contributed by atoms with E-state index < -0.39 is 5.82 Å². The molecule has 2 fully saturated rings. The molecule has 0 N–H and O–H groups in total. The summed E-state index contributed by atoms with van der Waals surface area (Å²) in [6, 6.07) is 7.85. The Kier molecular flexibility index (Phi) is 5.78. The molecule has 0 unspecified atom stereocenters. The predicted molar refractivity (Wildman–Crippen MR) is 137 cm³/mol. The van der Waals surface area contributed by atoms with E-state index in [1.165, 1.54) is 52.2 Å². The Bertz CT molecular complexity index is 1350. The monoisotopic (exact) mass is 474 g/mol. The number of nitrogens with zero attached hydrogens (tertiary/aromatic N) is 6. The molecule has 0 atom stereocenters. The highest BCUT2D eigenvalue weighted by molar-refractivity contribution is 5.98. The number of piperazine rings is 1. The van der Waals surface area contributed by atoms with Crippen LogP contribution in [0.15, 0.2) is 49.1 Å². The van der Waals surface area contributed by atoms with E-state index in [1.807, 2.05) is 18.5 Å². The number of fused-ring (bicyclic) bond motifs is 2. The molecule has 4 aromatic rings. The van der Waals surface area contributed by atoms with E-state index in [-0.39, 0.29) is 5.75 Å². The first kappa shape index (κ1) is 22.2. The molecule has 0 saturated carbocycles. The first-order valence-corrected chi connectivity index (χ1v) is 12.4. The number of anilines is 1. The molecular weight excluding hydrogens is 443 g/mol. The summed E-state index contributed by atoms with van der Waals surface area (Å²) in [5, 5.41) is 0.843. The number of aromatic nitrogens is 3. The van der Waals surface area contributed by atoms with Crippen molar-refractivity contribution in [1.82, 2.24) is 24.2 Å². The molecule has 0 radical (unpaired) electrons. The van der Waals surface area contributed by atoms with Crippen LogP contribution in [0.3, 0.4) is 0 Å². The third-order valence-corrected chi connectivity index (χ3v) is 7.67. The Hall–Kier alpha value is -3.23. The van der Waals surface area contributed by atoms with Crippen LogP contribution < -0.4 is 9.64 Å². The number of piperidine rings is 1. The lowest BCUT2D eigenvalue weighted by Crippen LogP contribution is -2.52. The lowest BCUT2D eigenvalue weighted by Gasteiger charge is -2.42. The van der Waals surface area contributed by atoms with Crippen LogP contribution >= 0.6 is 0 Å². The second-order valence-electron chi connectivity index (χ2n) is 9.69. The van der Waals surface area contributed by atoms with Crippen molar-refractivity contribution in [3.8, 4) is 16.9 Å². The number of methoxy groups -OCH3 is 1. The molecule has 2 saturated heterocycles. The molecule has 7 nitrogen and oxygen atoms in total. The van der Waals surface area contributed by atoms with Gasteiger partial charge in [0, 0.05) is 80.9 Å². The zero-order chi connectivity index (χ0) is 23.9. The summed E-state index contributed by atoms with van der Waals surface area (Å²) in [6.45, 7) is 6.82. The molecule has 2 aliphatic heterocycles. The number of halogens is 1. The lowest BCUT2D eigenvalue weighted by atomic mass is 10.0. The fourth-order valence-electron chi connectivity index (χ4n) is 5.57. The molecule has 6 rings (SSSR count). The van der Waals surface area contributed by atoms with Gasteiger partial charge in [0.1, 0.15) is 5.65 Å². The molecule has 8 heteroatoms. The van der Waals surface area contributed by atoms with Gasteiger partial charge in [-0.25, -0.2) is 9.37 Å². The summed E-state index contributed by atoms with van der Waals surface area (Å²) in [6.07, 6.45) is 10.3. The Morgan fingerprint density at radius 3 is 2.54 bits per heavy atom. The van der Waals surface area contributed by atoms with Gasteiger partial charge < -0.3 is 18.9 Å². The van der Waals surface area contributed by atoms with Gasteiger partial charge in [-0.05, 0) is 43.7 Å². The summed E-state index contributed by atoms with van der Waals surface area (Å²) in [7, 11) is 3.69. The molecule has 0 amide bonds. The van der Waals surface area contributed by atoms with Crippen LogP contribution in [-0.4, -0.2) is 83.6 Å². The quantitative estimate of drug-likeness (QED) is 0.447. The summed E-state index contributed by atoms with van der Waals surface area (Å²) < 4.78 is 21.5. The predicted octanol–water partition coefficient (Wildman–Crippen LogP) is 3.91. The van der Waals surface area contributed by atoms with Gasteiger partial charge >= 0.3 is 0 Å². The van der Waals surface area contributed by atoms with Crippen LogP contribution in [0.4, 0.5) is 10.1 Å². The first-order chi connectivity index (χ1) is 17.1. The zero-order valence-corrected chi connectivity index (χ0v) is 20.3. The van der Waals surface area contributed by atoms with Crippen molar-refractivity contribution in [3.63, 3.8) is 0 Å². The maximum Gasteiger partial charge on any atom is 0.167 e. The van der Waals surface area contributed by atoms with Crippen molar-refractivity contribution in [1.29, 1.82) is 0 Å². The van der Waals surface area contributed by atoms with Crippen molar-refractivity contribution < 1.29 is 9.13 Å². The van der Waals surface area contributed by atoms with E-state index in [0.717, 1.165) is 40.9 Å². The Labute approximate surface area is 204 Å². The largest absolute Gasteiger partial charge is 0.494 e. The van der Waals surface area contributed by atoms with Gasteiger partial charge in [-0.3, -0.25) is 9.88 Å². The van der Waals surface area contributed by atoms with E-state index in [0.29, 0.717) is 11.6 Å². The van der Waals surface area contributed by atoms with Crippen LogP contribution in [0.5, 0.6) is 5.75 Å². The molecule has 35 heavy (non-hydrogen) atoms. The average molecular weight is 475 g/mol. The zero-order valence-electron chi connectivity index (χ0n) is 20.3. The van der Waals surface area contributed by atoms with Gasteiger partial charge in [-0.1, -0.05) is 0 Å². The molecule has 0 spiro atoms. The maximum atomic E-state index is 14.2. The van der Waals surface area contributed by atoms with E-state index >= 15 is 0 Å². The summed E-state index contributed by atoms with van der Waals surface area (Å²) in [4.78, 5) is 16.8. The van der Waals surface area contributed by atoms with Crippen LogP contribution in [0.2, 0.25) is 0 Å². The highest BCUT2D eigenvalue weighted by atomic mass is 19.1. The van der Waals surface area contributed by atoms with Crippen LogP contribution in [-0.2, 0) is 0 Å². The van der Waals surface area contributed by atoms with E-state index in [4.69, 9.17) is 9.72 Å². The minimum atomic E-state index is -0.412. The number of benzene rings is 1. The fourth-order valence-corrected chi connectivity index (χ4v) is 5.57. The standard InChI is InChI=1S/C27H31FN6O/c1-31-11-13-33(14-12-31)19-4-8-32(9-5-19)20-17-30-27-22(6-10-34(27)18-20)21-3-7-29-25-16-24(28)26(35-2)15-23(21)25/h3,6-7,10,15-19H,4-5,8-9,11-14H2,1-2H3. The van der Waals surface area contributed by atoms with E-state index in [1.54, 1.807) is 12.3 Å². The highest BCUT2D eigenvalue weighted by Gasteiger charge is 2.27. The SMILES string of the molecule is COc1cc2c(-c3ccn4cc(N5CCC(N6CCN(C)CC6)CC5)cnc34)ccnc2cc1F. The summed E-state index contributed by atoms with van der Waals surface area (Å²) >= 11 is 0. The van der Waals surface area contributed by atoms with Gasteiger partial charge in [0.05, 0.1) is 24.5 Å². The van der Waals surface area contributed by atoms with Gasteiger partial charge in [0.25, 0.3) is 0 Å². The van der Waals surface area contributed by atoms with Crippen molar-refractivity contribution >= 4 is 22.2 Å². The number of hydrogen-bond donors (Lipinski definition) is 0. The molecule has 0 aliphatic carbocycles. The Morgan fingerprint density at radius 2 is 1.77 bits per heavy atom. The van der Waals surface area contributed by atoms with Crippen molar-refractivity contribution in [2.45, 2.75) is 18.9 Å². The average Bonchev–Trinajstić information content (AvgIpc) is 3.31. The van der Waals surface area contributed by atoms with Crippen LogP contribution in [0, 0.1) is 5.82 Å². The first-order valence-electron chi connectivity index (χ1n) is 12.4. The number of hydrogen-bond acceptors (Lipinski definition) is 6. The molecule has 1 aromatic carbocycles. The van der Waals surface area contributed by atoms with Crippen LogP contribution in [0.1, 0.15) is 12.8 Å². The Morgan fingerprint density at radius 1 is 0.971 bits per heavy atom. The third-order valence-electron chi connectivity index (χ3n) is 7.67. The Balaban J connectivity index is 1.24. The topological polar surface area (TPSA) is 49.1 Å². The lowest BCUT2D eigenvalue weighted by molar-refractivity contribution is 0.0982. The van der Waals surface area contributed by atoms with Gasteiger partial charge in [0.2, 0.25) is 0 Å². The third kappa shape index (κ3) is 4.10. The summed E-state index contributed by atoms with van der Waals surface area (Å²) in [5.74, 6) is -0.198. The fraction of sp³-hybridized carbons (Fsp3) is 0.407. The second kappa shape index (κ2) is 9.09. The maximum absolute atomic E-state index is 14.2. The minimum absolute atomic E-state index is 0.213. The number of likely N-dealkylation sites (N-methyl/N-ethyl adjacent to an activating group) is 1. The smallest absolute Gasteiger partial charge is 0.167 e. The number of rotatable bonds is 4. The number of pyridine rings is 1. The minimum Gasteiger partial charge on any atom is -0.494 e. The molecule has 0 bridgehead atoms. The van der Waals surface area contributed by atoms with Crippen molar-refractivity contribution in [2.75, 3.05) is 58.3 Å². The highest BCUT2D eigenvalue weighted by Crippen LogP contribution is 2.34. The molecular formula is C27H31FN6O. The van der Waals surface area contributed by atoms with Gasteiger partial charge in [-0.15, -0.1) is 0 Å². The molecule has 5 heterocycles. The normalized spacial score (nSPS) is 18.5. The molecule has 2 aliphatic rings. The van der Waals surface area contributed by atoms with E-state index in [9.17, 15) is 4.39 Å². The van der Waals surface area contributed by atoms with E-state index in [2.05, 4.69) is 43.4 Å². The molecule has 182 valence electrons. The number of ether oxygens (including phenoxy) is 1. The van der Waals surface area contributed by atoms with Gasteiger partial charge in [-0.2, -0.15) is 0 Å². The van der Waals surface area contributed by atoms with Crippen molar-refractivity contribution in [2.24, 2.45) is 0 Å². The summed E-state index contributed by atoms with van der Waals surface area (Å²) in [5.41, 5.74) is 4.58. The van der Waals surface area contributed by atoms with Gasteiger partial charge in [0.15, 0.2) is 11.6 Å². The molecule has 3 aromatic heterocycles. The second-order valence-corrected chi connectivity index (χ2v) is 9.69. The van der Waals surface area contributed by atoms with Crippen molar-refractivity contribution in [3.05, 3.63) is 54.9 Å². The van der Waals surface area contributed by atoms with Crippen LogP contribution in [0.25, 0.3) is 27.7 Å².